The van der Waals surface area contributed by atoms with Crippen molar-refractivity contribution < 1.29 is 19.4 Å². The molecule has 0 saturated carbocycles. The zero-order valence-electron chi connectivity index (χ0n) is 10.4. The number of aliphatic hydroxyl groups is 1. The zero-order chi connectivity index (χ0) is 13.7. The van der Waals surface area contributed by atoms with Crippen LogP contribution in [0.25, 0.3) is 0 Å². The van der Waals surface area contributed by atoms with Gasteiger partial charge in [0.2, 0.25) is 0 Å². The first-order valence-electron chi connectivity index (χ1n) is 6.01. The van der Waals surface area contributed by atoms with E-state index in [0.717, 1.165) is 0 Å². The van der Waals surface area contributed by atoms with E-state index in [1.54, 1.807) is 12.1 Å². The molecule has 1 amide bonds. The Morgan fingerprint density at radius 3 is 3.05 bits per heavy atom. The molecule has 1 fully saturated rings. The molecule has 1 aliphatic rings. The summed E-state index contributed by atoms with van der Waals surface area (Å²) in [6.45, 7) is 1.59. The third-order valence-electron chi connectivity index (χ3n) is 2.93. The van der Waals surface area contributed by atoms with Crippen LogP contribution in [0.5, 0.6) is 0 Å². The molecule has 1 aliphatic heterocycles. The van der Waals surface area contributed by atoms with Crippen molar-refractivity contribution in [3.05, 3.63) is 21.3 Å². The van der Waals surface area contributed by atoms with Gasteiger partial charge in [-0.3, -0.25) is 4.79 Å². The third kappa shape index (κ3) is 3.90. The van der Waals surface area contributed by atoms with Gasteiger partial charge in [-0.25, -0.2) is 0 Å². The summed E-state index contributed by atoms with van der Waals surface area (Å²) in [4.78, 5) is 12.5. The van der Waals surface area contributed by atoms with Crippen molar-refractivity contribution in [1.82, 2.24) is 5.32 Å². The van der Waals surface area contributed by atoms with Gasteiger partial charge in [0.15, 0.2) is 0 Å². The summed E-state index contributed by atoms with van der Waals surface area (Å²) >= 11 is 7.03. The predicted octanol–water partition coefficient (Wildman–Crippen LogP) is 1.30. The summed E-state index contributed by atoms with van der Waals surface area (Å²) in [6, 6.07) is 3.38. The molecule has 0 aromatic carbocycles. The quantitative estimate of drug-likeness (QED) is 0.831. The van der Waals surface area contributed by atoms with Crippen LogP contribution >= 0.6 is 22.9 Å². The van der Waals surface area contributed by atoms with E-state index in [4.69, 9.17) is 26.2 Å². The fourth-order valence-electron chi connectivity index (χ4n) is 1.92. The van der Waals surface area contributed by atoms with E-state index in [2.05, 4.69) is 5.32 Å². The second-order valence-corrected chi connectivity index (χ2v) is 6.06. The molecule has 7 heteroatoms. The highest BCUT2D eigenvalue weighted by atomic mass is 35.5. The fraction of sp³-hybridized carbons (Fsp3) is 0.583. The van der Waals surface area contributed by atoms with Crippen LogP contribution in [0.2, 0.25) is 4.34 Å². The lowest BCUT2D eigenvalue weighted by Gasteiger charge is -2.27. The van der Waals surface area contributed by atoms with Gasteiger partial charge in [0, 0.05) is 19.6 Å². The molecule has 19 heavy (non-hydrogen) atoms. The number of amides is 1. The molecule has 1 saturated heterocycles. The van der Waals surface area contributed by atoms with E-state index in [1.807, 2.05) is 0 Å². The Bertz CT molecular complexity index is 431. The minimum atomic E-state index is -0.528. The van der Waals surface area contributed by atoms with Crippen molar-refractivity contribution in [3.8, 4) is 0 Å². The molecule has 0 spiro atoms. The second-order valence-electron chi connectivity index (χ2n) is 4.34. The van der Waals surface area contributed by atoms with Crippen LogP contribution in [0.15, 0.2) is 12.1 Å². The normalized spacial score (nSPS) is 22.6. The molecule has 2 rings (SSSR count). The number of thiophene rings is 1. The minimum Gasteiger partial charge on any atom is -0.394 e. The van der Waals surface area contributed by atoms with E-state index in [1.165, 1.54) is 11.3 Å². The predicted molar refractivity (Wildman–Crippen MR) is 72.9 cm³/mol. The Hall–Kier alpha value is -0.660. The summed E-state index contributed by atoms with van der Waals surface area (Å²) in [7, 11) is 0. The first-order valence-corrected chi connectivity index (χ1v) is 7.21. The van der Waals surface area contributed by atoms with Crippen LogP contribution in [0.4, 0.5) is 0 Å². The number of carbonyl (C=O) groups is 1. The van der Waals surface area contributed by atoms with Crippen LogP contribution in [0, 0.1) is 0 Å². The van der Waals surface area contributed by atoms with E-state index in [0.29, 0.717) is 35.4 Å². The number of nitrogens with one attached hydrogen (secondary N) is 1. The van der Waals surface area contributed by atoms with Gasteiger partial charge in [0.25, 0.3) is 5.91 Å². The highest BCUT2D eigenvalue weighted by molar-refractivity contribution is 7.17. The van der Waals surface area contributed by atoms with Crippen molar-refractivity contribution in [2.45, 2.75) is 12.0 Å². The van der Waals surface area contributed by atoms with Gasteiger partial charge in [-0.2, -0.15) is 0 Å². The standard InChI is InChI=1S/C12H16ClNO4S/c13-10-2-1-9(19-10)11(16)14-7-12(18-6-4-15)3-5-17-8-12/h1-2,15H,3-8H2,(H,14,16)/t12-/m1/s1. The number of hydrogen-bond acceptors (Lipinski definition) is 5. The van der Waals surface area contributed by atoms with Crippen LogP contribution in [0.1, 0.15) is 16.1 Å². The van der Waals surface area contributed by atoms with Gasteiger partial charge < -0.3 is 19.9 Å². The van der Waals surface area contributed by atoms with Gasteiger partial charge in [0.1, 0.15) is 5.60 Å². The summed E-state index contributed by atoms with van der Waals surface area (Å²) in [5.41, 5.74) is -0.528. The van der Waals surface area contributed by atoms with E-state index in [-0.39, 0.29) is 19.1 Å². The molecular formula is C12H16ClNO4S. The Labute approximate surface area is 120 Å². The van der Waals surface area contributed by atoms with Crippen LogP contribution < -0.4 is 5.32 Å². The number of carbonyl (C=O) groups excluding carboxylic acids is 1. The molecule has 5 nitrogen and oxygen atoms in total. The number of rotatable bonds is 6. The van der Waals surface area contributed by atoms with Gasteiger partial charge in [-0.1, -0.05) is 11.6 Å². The fourth-order valence-corrected chi connectivity index (χ4v) is 2.88. The summed E-state index contributed by atoms with van der Waals surface area (Å²) < 4.78 is 11.5. The molecule has 0 bridgehead atoms. The number of aliphatic hydroxyl groups excluding tert-OH is 1. The summed E-state index contributed by atoms with van der Waals surface area (Å²) in [6.07, 6.45) is 0.707. The average molecular weight is 306 g/mol. The van der Waals surface area contributed by atoms with Crippen molar-refractivity contribution in [3.63, 3.8) is 0 Å². The molecule has 1 atom stereocenters. The smallest absolute Gasteiger partial charge is 0.261 e. The van der Waals surface area contributed by atoms with Crippen LogP contribution in [-0.2, 0) is 9.47 Å². The number of ether oxygens (including phenoxy) is 2. The van der Waals surface area contributed by atoms with Crippen molar-refractivity contribution in [1.29, 1.82) is 0 Å². The molecule has 0 unspecified atom stereocenters. The lowest BCUT2D eigenvalue weighted by atomic mass is 10.0. The van der Waals surface area contributed by atoms with Gasteiger partial charge in [-0.05, 0) is 12.1 Å². The summed E-state index contributed by atoms with van der Waals surface area (Å²) in [5, 5.41) is 11.7. The molecule has 0 radical (unpaired) electrons. The highest BCUT2D eigenvalue weighted by Crippen LogP contribution is 2.24. The van der Waals surface area contributed by atoms with E-state index >= 15 is 0 Å². The van der Waals surface area contributed by atoms with Gasteiger partial charge in [0.05, 0.1) is 29.0 Å². The maximum atomic E-state index is 11.9. The Balaban J connectivity index is 1.90. The second kappa shape index (κ2) is 6.67. The largest absolute Gasteiger partial charge is 0.394 e. The van der Waals surface area contributed by atoms with Gasteiger partial charge in [-0.15, -0.1) is 11.3 Å². The molecule has 1 aromatic heterocycles. The Kier molecular flexibility index (Phi) is 5.18. The first-order chi connectivity index (χ1) is 9.15. The average Bonchev–Trinajstić information content (AvgIpc) is 3.03. The van der Waals surface area contributed by atoms with Crippen LogP contribution in [0.3, 0.4) is 0 Å². The maximum absolute atomic E-state index is 11.9. The first kappa shape index (κ1) is 14.7. The lowest BCUT2D eigenvalue weighted by molar-refractivity contribution is -0.0582. The summed E-state index contributed by atoms with van der Waals surface area (Å²) in [5.74, 6) is -0.171. The van der Waals surface area contributed by atoms with Crippen molar-refractivity contribution in [2.75, 3.05) is 33.0 Å². The maximum Gasteiger partial charge on any atom is 0.261 e. The third-order valence-corrected chi connectivity index (χ3v) is 4.16. The lowest BCUT2D eigenvalue weighted by Crippen LogP contribution is -2.46. The van der Waals surface area contributed by atoms with Crippen molar-refractivity contribution in [2.24, 2.45) is 0 Å². The monoisotopic (exact) mass is 305 g/mol. The molecule has 106 valence electrons. The topological polar surface area (TPSA) is 67.8 Å². The van der Waals surface area contributed by atoms with E-state index < -0.39 is 5.60 Å². The number of hydrogen-bond donors (Lipinski definition) is 2. The minimum absolute atomic E-state index is 0.0454. The Morgan fingerprint density at radius 1 is 1.63 bits per heavy atom. The SMILES string of the molecule is O=C(NC[C@]1(OCCO)CCOC1)c1ccc(Cl)s1. The zero-order valence-corrected chi connectivity index (χ0v) is 11.9. The highest BCUT2D eigenvalue weighted by Gasteiger charge is 2.36. The number of halogens is 1. The molecule has 2 heterocycles. The van der Waals surface area contributed by atoms with Crippen LogP contribution in [-0.4, -0.2) is 49.6 Å². The molecular weight excluding hydrogens is 290 g/mol. The van der Waals surface area contributed by atoms with Gasteiger partial charge >= 0.3 is 0 Å². The molecule has 1 aromatic rings. The van der Waals surface area contributed by atoms with Crippen molar-refractivity contribution >= 4 is 28.8 Å². The molecule has 2 N–H and O–H groups in total. The van der Waals surface area contributed by atoms with E-state index in [9.17, 15) is 4.79 Å². The Morgan fingerprint density at radius 2 is 2.47 bits per heavy atom. The molecule has 0 aliphatic carbocycles.